The molecular formula is C13H10Br2FNO2S. The van der Waals surface area contributed by atoms with Crippen molar-refractivity contribution in [3.63, 3.8) is 0 Å². The van der Waals surface area contributed by atoms with Crippen LogP contribution in [0.4, 0.5) is 4.39 Å². The van der Waals surface area contributed by atoms with E-state index in [2.05, 4.69) is 36.6 Å². The van der Waals surface area contributed by atoms with Gasteiger partial charge in [-0.15, -0.1) is 0 Å². The van der Waals surface area contributed by atoms with Crippen LogP contribution in [0.15, 0.2) is 56.3 Å². The third-order valence-electron chi connectivity index (χ3n) is 2.58. The molecule has 0 fully saturated rings. The summed E-state index contributed by atoms with van der Waals surface area (Å²) in [5.74, 6) is -0.614. The molecule has 1 N–H and O–H groups in total. The molecule has 0 aliphatic carbocycles. The lowest BCUT2D eigenvalue weighted by molar-refractivity contribution is 0.576. The molecule has 0 aromatic heterocycles. The van der Waals surface area contributed by atoms with Gasteiger partial charge in [0.15, 0.2) is 0 Å². The van der Waals surface area contributed by atoms with Crippen LogP contribution in [0, 0.1) is 5.82 Å². The van der Waals surface area contributed by atoms with Crippen LogP contribution in [-0.2, 0) is 16.6 Å². The maximum absolute atomic E-state index is 13.4. The van der Waals surface area contributed by atoms with Gasteiger partial charge in [-0.1, -0.05) is 28.1 Å². The number of nitrogens with one attached hydrogen (secondary N) is 1. The van der Waals surface area contributed by atoms with Gasteiger partial charge in [-0.2, -0.15) is 0 Å². The summed E-state index contributed by atoms with van der Waals surface area (Å²) in [4.78, 5) is -0.102. The minimum atomic E-state index is -3.73. The molecule has 2 aromatic rings. The molecule has 0 heterocycles. The van der Waals surface area contributed by atoms with Crippen LogP contribution < -0.4 is 4.72 Å². The highest BCUT2D eigenvalue weighted by molar-refractivity contribution is 9.10. The van der Waals surface area contributed by atoms with Crippen molar-refractivity contribution in [2.24, 2.45) is 0 Å². The Labute approximate surface area is 133 Å². The first-order valence-electron chi connectivity index (χ1n) is 5.58. The molecule has 0 bridgehead atoms. The van der Waals surface area contributed by atoms with Crippen LogP contribution in [0.25, 0.3) is 0 Å². The lowest BCUT2D eigenvalue weighted by Gasteiger charge is -2.07. The number of hydrogen-bond donors (Lipinski definition) is 1. The number of rotatable bonds is 4. The zero-order valence-electron chi connectivity index (χ0n) is 10.1. The maximum atomic E-state index is 13.4. The molecule has 106 valence electrons. The number of sulfonamides is 1. The van der Waals surface area contributed by atoms with Gasteiger partial charge in [-0.25, -0.2) is 17.5 Å². The van der Waals surface area contributed by atoms with Crippen molar-refractivity contribution in [1.82, 2.24) is 4.72 Å². The van der Waals surface area contributed by atoms with Crippen molar-refractivity contribution < 1.29 is 12.8 Å². The second-order valence-electron chi connectivity index (χ2n) is 4.03. The minimum absolute atomic E-state index is 0.102. The molecule has 0 aliphatic heterocycles. The highest BCUT2D eigenvalue weighted by Crippen LogP contribution is 2.19. The van der Waals surface area contributed by atoms with Gasteiger partial charge in [-0.05, 0) is 51.8 Å². The molecule has 20 heavy (non-hydrogen) atoms. The molecule has 0 amide bonds. The summed E-state index contributed by atoms with van der Waals surface area (Å²) in [5.41, 5.74) is 0.814. The van der Waals surface area contributed by atoms with Crippen molar-refractivity contribution >= 4 is 41.9 Å². The average Bonchev–Trinajstić information content (AvgIpc) is 2.41. The summed E-state index contributed by atoms with van der Waals surface area (Å²) in [6.07, 6.45) is 0. The second-order valence-corrected chi connectivity index (χ2v) is 7.56. The van der Waals surface area contributed by atoms with E-state index >= 15 is 0 Å². The van der Waals surface area contributed by atoms with Crippen molar-refractivity contribution in [2.45, 2.75) is 11.4 Å². The Hall–Kier alpha value is -0.760. The lowest BCUT2D eigenvalue weighted by Crippen LogP contribution is -2.23. The summed E-state index contributed by atoms with van der Waals surface area (Å²) in [7, 11) is -3.73. The molecule has 0 aliphatic rings. The van der Waals surface area contributed by atoms with E-state index < -0.39 is 15.8 Å². The second kappa shape index (κ2) is 6.34. The van der Waals surface area contributed by atoms with Crippen molar-refractivity contribution in [1.29, 1.82) is 0 Å². The first-order chi connectivity index (χ1) is 9.38. The van der Waals surface area contributed by atoms with Crippen LogP contribution in [-0.4, -0.2) is 8.42 Å². The van der Waals surface area contributed by atoms with Crippen LogP contribution in [0.1, 0.15) is 5.56 Å². The van der Waals surface area contributed by atoms with Crippen LogP contribution in [0.3, 0.4) is 0 Å². The Balaban J connectivity index is 2.14. The van der Waals surface area contributed by atoms with E-state index in [1.54, 1.807) is 12.1 Å². The smallest absolute Gasteiger partial charge is 0.207 e. The Bertz CT molecular complexity index is 718. The predicted molar refractivity (Wildman–Crippen MR) is 82.3 cm³/mol. The molecule has 0 unspecified atom stereocenters. The van der Waals surface area contributed by atoms with E-state index in [0.717, 1.165) is 16.1 Å². The molecule has 3 nitrogen and oxygen atoms in total. The van der Waals surface area contributed by atoms with E-state index in [1.165, 1.54) is 12.1 Å². The van der Waals surface area contributed by atoms with Crippen LogP contribution in [0.5, 0.6) is 0 Å². The Morgan fingerprint density at radius 2 is 1.70 bits per heavy atom. The van der Waals surface area contributed by atoms with Crippen molar-refractivity contribution in [3.05, 3.63) is 62.8 Å². The quantitative estimate of drug-likeness (QED) is 0.813. The fourth-order valence-electron chi connectivity index (χ4n) is 1.51. The number of hydrogen-bond acceptors (Lipinski definition) is 2. The van der Waals surface area contributed by atoms with Gasteiger partial charge in [0.1, 0.15) is 5.82 Å². The maximum Gasteiger partial charge on any atom is 0.240 e. The predicted octanol–water partition coefficient (Wildman–Crippen LogP) is 3.83. The first-order valence-corrected chi connectivity index (χ1v) is 8.64. The van der Waals surface area contributed by atoms with Gasteiger partial charge in [0.2, 0.25) is 10.0 Å². The molecule has 0 radical (unpaired) electrons. The third kappa shape index (κ3) is 3.88. The molecular weight excluding hydrogens is 413 g/mol. The topological polar surface area (TPSA) is 46.2 Å². The largest absolute Gasteiger partial charge is 0.240 e. The van der Waals surface area contributed by atoms with E-state index in [1.807, 2.05) is 12.1 Å². The molecule has 0 spiro atoms. The standard InChI is InChI=1S/C13H10Br2FNO2S/c14-10-3-1-9(2-4-10)8-17-20(18,19)11-5-6-12(15)13(16)7-11/h1-7,17H,8H2. The fraction of sp³-hybridized carbons (Fsp3) is 0.0769. The van der Waals surface area contributed by atoms with Gasteiger partial charge in [0.25, 0.3) is 0 Å². The van der Waals surface area contributed by atoms with Crippen LogP contribution in [0.2, 0.25) is 0 Å². The van der Waals surface area contributed by atoms with Gasteiger partial charge >= 0.3 is 0 Å². The highest BCUT2D eigenvalue weighted by Gasteiger charge is 2.15. The monoisotopic (exact) mass is 421 g/mol. The van der Waals surface area contributed by atoms with Crippen molar-refractivity contribution in [2.75, 3.05) is 0 Å². The summed E-state index contributed by atoms with van der Waals surface area (Å²) < 4.78 is 41.0. The summed E-state index contributed by atoms with van der Waals surface area (Å²) in [6.45, 7) is 0.146. The average molecular weight is 423 g/mol. The van der Waals surface area contributed by atoms with E-state index in [4.69, 9.17) is 0 Å². The summed E-state index contributed by atoms with van der Waals surface area (Å²) >= 11 is 6.29. The zero-order chi connectivity index (χ0) is 14.8. The zero-order valence-corrected chi connectivity index (χ0v) is 14.1. The molecule has 2 aromatic carbocycles. The normalized spacial score (nSPS) is 11.6. The van der Waals surface area contributed by atoms with Gasteiger partial charge in [-0.3, -0.25) is 0 Å². The van der Waals surface area contributed by atoms with E-state index in [9.17, 15) is 12.8 Å². The van der Waals surface area contributed by atoms with Gasteiger partial charge in [0.05, 0.1) is 9.37 Å². The molecule has 0 saturated heterocycles. The highest BCUT2D eigenvalue weighted by atomic mass is 79.9. The molecule has 0 saturated carbocycles. The molecule has 0 atom stereocenters. The third-order valence-corrected chi connectivity index (χ3v) is 5.15. The molecule has 7 heteroatoms. The number of halogens is 3. The van der Waals surface area contributed by atoms with Crippen LogP contribution >= 0.6 is 31.9 Å². The molecule has 2 rings (SSSR count). The first kappa shape index (κ1) is 15.6. The van der Waals surface area contributed by atoms with Gasteiger partial charge < -0.3 is 0 Å². The lowest BCUT2D eigenvalue weighted by atomic mass is 10.2. The summed E-state index contributed by atoms with van der Waals surface area (Å²) in [6, 6.07) is 10.9. The number of benzene rings is 2. The van der Waals surface area contributed by atoms with E-state index in [0.29, 0.717) is 0 Å². The fourth-order valence-corrected chi connectivity index (χ4v) is 3.05. The van der Waals surface area contributed by atoms with Crippen molar-refractivity contribution in [3.8, 4) is 0 Å². The Morgan fingerprint density at radius 3 is 2.30 bits per heavy atom. The Morgan fingerprint density at radius 1 is 1.05 bits per heavy atom. The summed E-state index contributed by atoms with van der Waals surface area (Å²) in [5, 5.41) is 0. The Kier molecular flexibility index (Phi) is 4.95. The SMILES string of the molecule is O=S(=O)(NCc1ccc(Br)cc1)c1ccc(Br)c(F)c1. The van der Waals surface area contributed by atoms with E-state index in [-0.39, 0.29) is 15.9 Å². The minimum Gasteiger partial charge on any atom is -0.207 e. The van der Waals surface area contributed by atoms with Gasteiger partial charge in [0, 0.05) is 11.0 Å².